The van der Waals surface area contributed by atoms with Gasteiger partial charge in [-0.3, -0.25) is 0 Å². The van der Waals surface area contributed by atoms with Gasteiger partial charge in [0.1, 0.15) is 5.15 Å². The van der Waals surface area contributed by atoms with Crippen LogP contribution in [-0.4, -0.2) is 30.9 Å². The molecule has 0 aliphatic heterocycles. The maximum Gasteiger partial charge on any atom is 0.151 e. The second-order valence-corrected chi connectivity index (χ2v) is 6.22. The third-order valence-corrected chi connectivity index (χ3v) is 4.26. The number of nitrogens with zero attached hydrogens (tertiary/aromatic N) is 6. The second-order valence-electron chi connectivity index (χ2n) is 5.42. The van der Waals surface area contributed by atoms with Gasteiger partial charge in [0, 0.05) is 5.02 Å². The molecule has 0 spiro atoms. The Kier molecular flexibility index (Phi) is 4.69. The molecule has 0 unspecified atom stereocenters. The van der Waals surface area contributed by atoms with Gasteiger partial charge in [0.2, 0.25) is 0 Å². The van der Waals surface area contributed by atoms with E-state index in [0.717, 1.165) is 16.8 Å². The lowest BCUT2D eigenvalue weighted by Crippen LogP contribution is -2.02. The molecule has 0 aliphatic rings. The van der Waals surface area contributed by atoms with Crippen molar-refractivity contribution in [2.45, 2.75) is 27.3 Å². The van der Waals surface area contributed by atoms with Crippen LogP contribution in [0.1, 0.15) is 28.5 Å². The van der Waals surface area contributed by atoms with Crippen molar-refractivity contribution in [2.75, 3.05) is 0 Å². The molecule has 0 N–H and O–H groups in total. The lowest BCUT2D eigenvalue weighted by molar-refractivity contribution is 0.680. The molecule has 3 rings (SSSR count). The molecular weight excluding hydrogens is 347 g/mol. The van der Waals surface area contributed by atoms with Crippen LogP contribution in [0.2, 0.25) is 10.2 Å². The number of rotatable bonds is 4. The summed E-state index contributed by atoms with van der Waals surface area (Å²) in [6.07, 6.45) is 1.69. The number of aromatic nitrogens is 5. The molecule has 124 valence electrons. The summed E-state index contributed by atoms with van der Waals surface area (Å²) in [6, 6.07) is 7.60. The van der Waals surface area contributed by atoms with Crippen LogP contribution in [0, 0.1) is 20.8 Å². The van der Waals surface area contributed by atoms with Crippen molar-refractivity contribution in [1.29, 1.82) is 0 Å². The maximum atomic E-state index is 6.47. The van der Waals surface area contributed by atoms with Gasteiger partial charge in [-0.1, -0.05) is 35.3 Å². The van der Waals surface area contributed by atoms with Crippen LogP contribution in [0.15, 0.2) is 29.4 Å². The van der Waals surface area contributed by atoms with Crippen molar-refractivity contribution < 1.29 is 0 Å². The fraction of sp³-hybridized carbons (Fsp3) is 0.250. The Bertz CT molecular complexity index is 873. The minimum absolute atomic E-state index is 0.537. The molecule has 3 aromatic rings. The standard InChI is InChI=1S/C16H16Cl2N6/c1-10-15(8-19-24-11(2)20-21-12(24)3)16(18)23(22-10)9-13-4-6-14(17)7-5-13/h4-8H,9H2,1-3H3. The SMILES string of the molecule is Cc1nn(Cc2ccc(Cl)cc2)c(Cl)c1C=Nn1c(C)nnc1C. The van der Waals surface area contributed by atoms with Gasteiger partial charge in [-0.15, -0.1) is 10.2 Å². The Morgan fingerprint density at radius 1 is 1.04 bits per heavy atom. The van der Waals surface area contributed by atoms with Gasteiger partial charge in [-0.05, 0) is 38.5 Å². The first-order chi connectivity index (χ1) is 11.5. The minimum atomic E-state index is 0.537. The minimum Gasteiger partial charge on any atom is -0.249 e. The van der Waals surface area contributed by atoms with E-state index in [4.69, 9.17) is 23.2 Å². The van der Waals surface area contributed by atoms with Gasteiger partial charge in [-0.2, -0.15) is 10.2 Å². The first-order valence-electron chi connectivity index (χ1n) is 7.36. The van der Waals surface area contributed by atoms with Crippen LogP contribution >= 0.6 is 23.2 Å². The maximum absolute atomic E-state index is 6.47. The van der Waals surface area contributed by atoms with E-state index in [0.29, 0.717) is 28.4 Å². The van der Waals surface area contributed by atoms with E-state index in [1.165, 1.54) is 0 Å². The van der Waals surface area contributed by atoms with Crippen molar-refractivity contribution in [3.8, 4) is 0 Å². The molecule has 0 aliphatic carbocycles. The van der Waals surface area contributed by atoms with Crippen LogP contribution in [-0.2, 0) is 6.54 Å². The number of aryl methyl sites for hydroxylation is 3. The molecule has 2 aromatic heterocycles. The van der Waals surface area contributed by atoms with E-state index >= 15 is 0 Å². The van der Waals surface area contributed by atoms with Crippen molar-refractivity contribution in [3.63, 3.8) is 0 Å². The number of hydrogen-bond acceptors (Lipinski definition) is 4. The highest BCUT2D eigenvalue weighted by Gasteiger charge is 2.12. The van der Waals surface area contributed by atoms with Gasteiger partial charge in [-0.25, -0.2) is 9.36 Å². The molecule has 0 fully saturated rings. The molecule has 24 heavy (non-hydrogen) atoms. The van der Waals surface area contributed by atoms with Gasteiger partial charge in [0.05, 0.1) is 24.0 Å². The average Bonchev–Trinajstić information content (AvgIpc) is 3.00. The Morgan fingerprint density at radius 3 is 2.29 bits per heavy atom. The normalized spacial score (nSPS) is 11.5. The molecule has 6 nitrogen and oxygen atoms in total. The molecule has 0 saturated carbocycles. The third-order valence-electron chi connectivity index (χ3n) is 3.61. The summed E-state index contributed by atoms with van der Waals surface area (Å²) in [6.45, 7) is 6.15. The summed E-state index contributed by atoms with van der Waals surface area (Å²) in [5.74, 6) is 1.43. The van der Waals surface area contributed by atoms with E-state index in [1.54, 1.807) is 15.6 Å². The topological polar surface area (TPSA) is 60.9 Å². The fourth-order valence-corrected chi connectivity index (χ4v) is 2.74. The highest BCUT2D eigenvalue weighted by Crippen LogP contribution is 2.20. The zero-order valence-electron chi connectivity index (χ0n) is 13.5. The van der Waals surface area contributed by atoms with Crippen LogP contribution in [0.3, 0.4) is 0 Å². The number of halogens is 2. The molecule has 1 aromatic carbocycles. The molecule has 8 heteroatoms. The molecular formula is C16H16Cl2N6. The van der Waals surface area contributed by atoms with Gasteiger partial charge in [0.25, 0.3) is 0 Å². The zero-order valence-corrected chi connectivity index (χ0v) is 15.0. The highest BCUT2D eigenvalue weighted by molar-refractivity contribution is 6.32. The smallest absolute Gasteiger partial charge is 0.151 e. The number of benzene rings is 1. The van der Waals surface area contributed by atoms with Gasteiger partial charge < -0.3 is 0 Å². The summed E-state index contributed by atoms with van der Waals surface area (Å²) in [5.41, 5.74) is 2.65. The Labute approximate surface area is 149 Å². The molecule has 0 bridgehead atoms. The Balaban J connectivity index is 1.88. The van der Waals surface area contributed by atoms with E-state index < -0.39 is 0 Å². The lowest BCUT2D eigenvalue weighted by Gasteiger charge is -2.03. The predicted octanol–water partition coefficient (Wildman–Crippen LogP) is 3.64. The van der Waals surface area contributed by atoms with Crippen molar-refractivity contribution in [1.82, 2.24) is 24.7 Å². The summed E-state index contributed by atoms with van der Waals surface area (Å²) >= 11 is 12.4. The van der Waals surface area contributed by atoms with Gasteiger partial charge >= 0.3 is 0 Å². The van der Waals surface area contributed by atoms with Crippen molar-refractivity contribution >= 4 is 29.4 Å². The molecule has 0 radical (unpaired) electrons. The summed E-state index contributed by atoms with van der Waals surface area (Å²) in [7, 11) is 0. The summed E-state index contributed by atoms with van der Waals surface area (Å²) < 4.78 is 3.40. The lowest BCUT2D eigenvalue weighted by atomic mass is 10.2. The first-order valence-corrected chi connectivity index (χ1v) is 8.11. The monoisotopic (exact) mass is 362 g/mol. The van der Waals surface area contributed by atoms with E-state index in [9.17, 15) is 0 Å². The molecule has 0 atom stereocenters. The van der Waals surface area contributed by atoms with E-state index in [-0.39, 0.29) is 0 Å². The third kappa shape index (κ3) is 3.34. The average molecular weight is 363 g/mol. The molecule has 0 saturated heterocycles. The van der Waals surface area contributed by atoms with E-state index in [2.05, 4.69) is 20.4 Å². The van der Waals surface area contributed by atoms with Crippen molar-refractivity contribution in [3.05, 3.63) is 62.9 Å². The summed E-state index contributed by atoms with van der Waals surface area (Å²) in [4.78, 5) is 0. The Morgan fingerprint density at radius 2 is 1.67 bits per heavy atom. The molecule has 2 heterocycles. The largest absolute Gasteiger partial charge is 0.249 e. The first kappa shape index (κ1) is 16.7. The highest BCUT2D eigenvalue weighted by atomic mass is 35.5. The van der Waals surface area contributed by atoms with E-state index in [1.807, 2.05) is 45.0 Å². The van der Waals surface area contributed by atoms with Crippen molar-refractivity contribution in [2.24, 2.45) is 5.10 Å². The Hall–Kier alpha value is -2.18. The fourth-order valence-electron chi connectivity index (χ4n) is 2.33. The number of hydrogen-bond donors (Lipinski definition) is 0. The van der Waals surface area contributed by atoms with Crippen LogP contribution in [0.5, 0.6) is 0 Å². The molecule has 0 amide bonds. The second kappa shape index (κ2) is 6.75. The summed E-state index contributed by atoms with van der Waals surface area (Å²) in [5, 5.41) is 18.1. The van der Waals surface area contributed by atoms with Crippen LogP contribution in [0.4, 0.5) is 0 Å². The predicted molar refractivity (Wildman–Crippen MR) is 95.0 cm³/mol. The van der Waals surface area contributed by atoms with Crippen LogP contribution in [0.25, 0.3) is 0 Å². The zero-order chi connectivity index (χ0) is 17.3. The quantitative estimate of drug-likeness (QED) is 0.665. The van der Waals surface area contributed by atoms with Gasteiger partial charge in [0.15, 0.2) is 11.6 Å². The van der Waals surface area contributed by atoms with Crippen LogP contribution < -0.4 is 0 Å².